The smallest absolute Gasteiger partial charge is 0.329 e. The SMILES string of the molecule is CCCCCCCCCCCCN(OC(C)=O)C(=N)N. The lowest BCUT2D eigenvalue weighted by Crippen LogP contribution is -2.38. The third kappa shape index (κ3) is 11.8. The lowest BCUT2D eigenvalue weighted by atomic mass is 10.1. The molecule has 20 heavy (non-hydrogen) atoms. The molecule has 0 amide bonds. The Morgan fingerprint density at radius 2 is 1.45 bits per heavy atom. The van der Waals surface area contributed by atoms with Crippen LogP contribution in [-0.4, -0.2) is 23.5 Å². The zero-order valence-electron chi connectivity index (χ0n) is 13.1. The Kier molecular flexibility index (Phi) is 12.0. The number of nitrogens with two attached hydrogens (primary N) is 1. The third-order valence-electron chi connectivity index (χ3n) is 3.22. The van der Waals surface area contributed by atoms with Crippen LogP contribution >= 0.6 is 0 Å². The van der Waals surface area contributed by atoms with Gasteiger partial charge in [0.25, 0.3) is 0 Å². The first-order valence-electron chi connectivity index (χ1n) is 7.88. The number of rotatable bonds is 11. The minimum atomic E-state index is -0.438. The predicted molar refractivity (Wildman–Crippen MR) is 82.2 cm³/mol. The topological polar surface area (TPSA) is 79.4 Å². The van der Waals surface area contributed by atoms with E-state index in [4.69, 9.17) is 16.0 Å². The summed E-state index contributed by atoms with van der Waals surface area (Å²) in [6.45, 7) is 4.06. The van der Waals surface area contributed by atoms with E-state index in [0.29, 0.717) is 6.54 Å². The number of hydrogen-bond acceptors (Lipinski definition) is 3. The van der Waals surface area contributed by atoms with E-state index in [1.54, 1.807) is 0 Å². The van der Waals surface area contributed by atoms with Gasteiger partial charge in [0.1, 0.15) is 0 Å². The molecule has 0 aromatic carbocycles. The van der Waals surface area contributed by atoms with E-state index >= 15 is 0 Å². The van der Waals surface area contributed by atoms with Crippen molar-refractivity contribution in [3.8, 4) is 0 Å². The predicted octanol–water partition coefficient (Wildman–Crippen LogP) is 3.58. The maximum atomic E-state index is 10.8. The van der Waals surface area contributed by atoms with Crippen LogP contribution in [0.4, 0.5) is 0 Å². The number of hydrogen-bond donors (Lipinski definition) is 2. The van der Waals surface area contributed by atoms with E-state index in [9.17, 15) is 4.79 Å². The van der Waals surface area contributed by atoms with Crippen LogP contribution < -0.4 is 5.73 Å². The van der Waals surface area contributed by atoms with Crippen molar-refractivity contribution in [2.24, 2.45) is 5.73 Å². The summed E-state index contributed by atoms with van der Waals surface area (Å²) in [7, 11) is 0. The fourth-order valence-corrected chi connectivity index (χ4v) is 2.11. The molecule has 0 aromatic heterocycles. The van der Waals surface area contributed by atoms with Crippen molar-refractivity contribution in [2.75, 3.05) is 6.54 Å². The zero-order chi connectivity index (χ0) is 15.2. The molecule has 0 saturated heterocycles. The van der Waals surface area contributed by atoms with Gasteiger partial charge in [-0.05, 0) is 6.42 Å². The minimum absolute atomic E-state index is 0.212. The number of nitrogens with one attached hydrogen (secondary N) is 1. The first-order valence-corrected chi connectivity index (χ1v) is 7.88. The maximum Gasteiger partial charge on any atom is 0.329 e. The lowest BCUT2D eigenvalue weighted by Gasteiger charge is -2.19. The van der Waals surface area contributed by atoms with Gasteiger partial charge in [0.05, 0.1) is 6.54 Å². The second-order valence-corrected chi connectivity index (χ2v) is 5.25. The molecule has 0 aliphatic carbocycles. The van der Waals surface area contributed by atoms with Gasteiger partial charge in [0, 0.05) is 6.92 Å². The summed E-state index contributed by atoms with van der Waals surface area (Å²) < 4.78 is 0. The van der Waals surface area contributed by atoms with Crippen LogP contribution in [0.1, 0.15) is 78.1 Å². The third-order valence-corrected chi connectivity index (χ3v) is 3.22. The molecule has 5 nitrogen and oxygen atoms in total. The molecule has 0 aliphatic heterocycles. The number of unbranched alkanes of at least 4 members (excludes halogenated alkanes) is 9. The Balaban J connectivity index is 3.41. The van der Waals surface area contributed by atoms with E-state index in [1.165, 1.54) is 58.3 Å². The van der Waals surface area contributed by atoms with Gasteiger partial charge in [-0.1, -0.05) is 64.7 Å². The Morgan fingerprint density at radius 3 is 1.85 bits per heavy atom. The van der Waals surface area contributed by atoms with E-state index < -0.39 is 5.97 Å². The molecule has 0 aliphatic rings. The Labute approximate surface area is 123 Å². The molecule has 0 rings (SSSR count). The Morgan fingerprint density at radius 1 is 1.00 bits per heavy atom. The molecule has 0 atom stereocenters. The monoisotopic (exact) mass is 285 g/mol. The highest BCUT2D eigenvalue weighted by Crippen LogP contribution is 2.10. The van der Waals surface area contributed by atoms with Crippen LogP contribution in [-0.2, 0) is 9.63 Å². The van der Waals surface area contributed by atoms with Gasteiger partial charge < -0.3 is 10.6 Å². The van der Waals surface area contributed by atoms with Crippen LogP contribution in [0.25, 0.3) is 0 Å². The Hall–Kier alpha value is -1.26. The van der Waals surface area contributed by atoms with Crippen molar-refractivity contribution in [3.05, 3.63) is 0 Å². The summed E-state index contributed by atoms with van der Waals surface area (Å²) in [6.07, 6.45) is 12.5. The van der Waals surface area contributed by atoms with Crippen LogP contribution in [0.15, 0.2) is 0 Å². The molecular weight excluding hydrogens is 254 g/mol. The molecular formula is C15H31N3O2. The molecule has 118 valence electrons. The summed E-state index contributed by atoms with van der Waals surface area (Å²) >= 11 is 0. The second kappa shape index (κ2) is 12.8. The van der Waals surface area contributed by atoms with Crippen LogP contribution in [0.5, 0.6) is 0 Å². The number of carbonyl (C=O) groups excluding carboxylic acids is 1. The van der Waals surface area contributed by atoms with Crippen LogP contribution in [0.3, 0.4) is 0 Å². The van der Waals surface area contributed by atoms with Gasteiger partial charge in [-0.2, -0.15) is 5.06 Å². The van der Waals surface area contributed by atoms with Crippen molar-refractivity contribution in [1.29, 1.82) is 5.41 Å². The zero-order valence-corrected chi connectivity index (χ0v) is 13.1. The largest absolute Gasteiger partial charge is 0.368 e. The van der Waals surface area contributed by atoms with Gasteiger partial charge in [0.2, 0.25) is 5.96 Å². The van der Waals surface area contributed by atoms with Gasteiger partial charge in [-0.3, -0.25) is 10.2 Å². The van der Waals surface area contributed by atoms with E-state index in [2.05, 4.69) is 6.92 Å². The van der Waals surface area contributed by atoms with Crippen molar-refractivity contribution < 1.29 is 9.63 Å². The fourth-order valence-electron chi connectivity index (χ4n) is 2.11. The lowest BCUT2D eigenvalue weighted by molar-refractivity contribution is -0.170. The van der Waals surface area contributed by atoms with Crippen LogP contribution in [0.2, 0.25) is 0 Å². The number of carbonyl (C=O) groups is 1. The van der Waals surface area contributed by atoms with Gasteiger partial charge >= 0.3 is 5.97 Å². The molecule has 0 saturated carbocycles. The molecule has 0 aromatic rings. The van der Waals surface area contributed by atoms with Crippen molar-refractivity contribution in [3.63, 3.8) is 0 Å². The summed E-state index contributed by atoms with van der Waals surface area (Å²) in [5, 5.41) is 8.46. The maximum absolute atomic E-state index is 10.8. The van der Waals surface area contributed by atoms with Crippen molar-refractivity contribution >= 4 is 11.9 Å². The van der Waals surface area contributed by atoms with Crippen molar-refractivity contribution in [1.82, 2.24) is 5.06 Å². The molecule has 0 heterocycles. The highest BCUT2D eigenvalue weighted by Gasteiger charge is 2.09. The van der Waals surface area contributed by atoms with Gasteiger partial charge in [0.15, 0.2) is 0 Å². The normalized spacial score (nSPS) is 10.3. The summed E-state index contributed by atoms with van der Waals surface area (Å²) in [5.74, 6) is -0.650. The first-order chi connectivity index (χ1) is 9.57. The van der Waals surface area contributed by atoms with E-state index in [-0.39, 0.29) is 5.96 Å². The van der Waals surface area contributed by atoms with Crippen LogP contribution in [0, 0.1) is 5.41 Å². The highest BCUT2D eigenvalue weighted by molar-refractivity contribution is 5.76. The standard InChI is InChI=1S/C15H31N3O2/c1-3-4-5-6-7-8-9-10-11-12-13-18(15(16)17)20-14(2)19/h3-13H2,1-2H3,(H3,16,17). The quantitative estimate of drug-likeness (QED) is 0.263. The van der Waals surface area contributed by atoms with Crippen molar-refractivity contribution in [2.45, 2.75) is 78.1 Å². The number of hydroxylamine groups is 2. The molecule has 0 unspecified atom stereocenters. The second-order valence-electron chi connectivity index (χ2n) is 5.25. The average Bonchev–Trinajstić information content (AvgIpc) is 2.39. The molecule has 0 fully saturated rings. The molecule has 5 heteroatoms. The fraction of sp³-hybridized carbons (Fsp3) is 0.867. The summed E-state index contributed by atoms with van der Waals surface area (Å²) in [6, 6.07) is 0. The highest BCUT2D eigenvalue weighted by atomic mass is 16.7. The number of guanidine groups is 1. The molecule has 0 bridgehead atoms. The first kappa shape index (κ1) is 18.7. The Bertz CT molecular complexity index is 270. The van der Waals surface area contributed by atoms with E-state index in [0.717, 1.165) is 17.9 Å². The van der Waals surface area contributed by atoms with Gasteiger partial charge in [-0.25, -0.2) is 0 Å². The van der Waals surface area contributed by atoms with Gasteiger partial charge in [-0.15, -0.1) is 0 Å². The summed E-state index contributed by atoms with van der Waals surface area (Å²) in [5.41, 5.74) is 5.34. The molecule has 0 radical (unpaired) electrons. The minimum Gasteiger partial charge on any atom is -0.368 e. The molecule has 0 spiro atoms. The molecule has 3 N–H and O–H groups in total. The summed E-state index contributed by atoms with van der Waals surface area (Å²) in [4.78, 5) is 15.7. The number of nitrogens with zero attached hydrogens (tertiary/aromatic N) is 1. The van der Waals surface area contributed by atoms with E-state index in [1.807, 2.05) is 0 Å². The average molecular weight is 285 g/mol.